The lowest BCUT2D eigenvalue weighted by atomic mass is 10.0. The van der Waals surface area contributed by atoms with E-state index in [0.29, 0.717) is 32.0 Å². The van der Waals surface area contributed by atoms with Crippen molar-refractivity contribution < 1.29 is 19.1 Å². The van der Waals surface area contributed by atoms with Gasteiger partial charge >= 0.3 is 6.09 Å². The van der Waals surface area contributed by atoms with E-state index in [1.807, 2.05) is 81.1 Å². The minimum absolute atomic E-state index is 0.0106. The zero-order chi connectivity index (χ0) is 24.0. The summed E-state index contributed by atoms with van der Waals surface area (Å²) in [5.41, 5.74) is 2.29. The monoisotopic (exact) mass is 450 g/mol. The Morgan fingerprint density at radius 1 is 1.12 bits per heavy atom. The molecule has 0 unspecified atom stereocenters. The average molecular weight is 451 g/mol. The highest BCUT2D eigenvalue weighted by molar-refractivity contribution is 5.80. The number of carbonyl (C=O) groups is 2. The molecule has 1 aliphatic heterocycles. The maximum absolute atomic E-state index is 13.2. The van der Waals surface area contributed by atoms with Gasteiger partial charge in [0.2, 0.25) is 5.91 Å². The molecule has 0 N–H and O–H groups in total. The molecule has 3 rings (SSSR count). The number of rotatable bonds is 6. The maximum Gasteiger partial charge on any atom is 0.410 e. The van der Waals surface area contributed by atoms with Gasteiger partial charge in [-0.2, -0.15) is 0 Å². The fourth-order valence-electron chi connectivity index (χ4n) is 3.79. The third-order valence-corrected chi connectivity index (χ3v) is 5.51. The van der Waals surface area contributed by atoms with Crippen LogP contribution in [-0.4, -0.2) is 53.1 Å². The largest absolute Gasteiger partial charge is 0.489 e. The van der Waals surface area contributed by atoms with E-state index in [-0.39, 0.29) is 24.5 Å². The molecule has 6 nitrogen and oxygen atoms in total. The van der Waals surface area contributed by atoms with Crippen LogP contribution in [0.15, 0.2) is 55.1 Å². The predicted molar refractivity (Wildman–Crippen MR) is 130 cm³/mol. The number of benzene rings is 2. The Morgan fingerprint density at radius 3 is 2.48 bits per heavy atom. The normalized spacial score (nSPS) is 16.3. The number of piperazine rings is 1. The number of hydrogen-bond acceptors (Lipinski definition) is 4. The summed E-state index contributed by atoms with van der Waals surface area (Å²) in [6, 6.07) is 15.6. The zero-order valence-electron chi connectivity index (χ0n) is 20.0. The lowest BCUT2D eigenvalue weighted by molar-refractivity contribution is -0.133. The van der Waals surface area contributed by atoms with E-state index in [1.165, 1.54) is 0 Å². The van der Waals surface area contributed by atoms with Gasteiger partial charge in [0.15, 0.2) is 0 Å². The Balaban J connectivity index is 1.65. The zero-order valence-corrected chi connectivity index (χ0v) is 20.0. The first kappa shape index (κ1) is 24.4. The molecule has 6 heteroatoms. The van der Waals surface area contributed by atoms with E-state index >= 15 is 0 Å². The molecule has 0 bridgehead atoms. The molecule has 2 amide bonds. The van der Waals surface area contributed by atoms with Gasteiger partial charge in [-0.15, -0.1) is 0 Å². The summed E-state index contributed by atoms with van der Waals surface area (Å²) in [6.07, 6.45) is 1.65. The summed E-state index contributed by atoms with van der Waals surface area (Å²) >= 11 is 0. The van der Waals surface area contributed by atoms with Crippen molar-refractivity contribution in [2.24, 2.45) is 0 Å². The van der Waals surface area contributed by atoms with Crippen LogP contribution >= 0.6 is 0 Å². The summed E-state index contributed by atoms with van der Waals surface area (Å²) in [6.45, 7) is 13.2. The molecule has 1 aliphatic rings. The number of hydrogen-bond donors (Lipinski definition) is 0. The van der Waals surface area contributed by atoms with Crippen LogP contribution in [0.2, 0.25) is 0 Å². The lowest BCUT2D eigenvalue weighted by Gasteiger charge is -2.40. The predicted octanol–water partition coefficient (Wildman–Crippen LogP) is 4.92. The van der Waals surface area contributed by atoms with Crippen LogP contribution in [0.4, 0.5) is 4.79 Å². The number of carbonyl (C=O) groups excluding carboxylic acids is 2. The van der Waals surface area contributed by atoms with Crippen LogP contribution in [0.1, 0.15) is 44.4 Å². The summed E-state index contributed by atoms with van der Waals surface area (Å²) in [5.74, 6) is 0.703. The van der Waals surface area contributed by atoms with Crippen molar-refractivity contribution in [3.63, 3.8) is 0 Å². The quantitative estimate of drug-likeness (QED) is 0.627. The highest BCUT2D eigenvalue weighted by Gasteiger charge is 2.32. The van der Waals surface area contributed by atoms with Crippen molar-refractivity contribution >= 4 is 18.1 Å². The molecule has 1 saturated heterocycles. The Morgan fingerprint density at radius 2 is 1.85 bits per heavy atom. The second-order valence-corrected chi connectivity index (χ2v) is 9.38. The first-order valence-corrected chi connectivity index (χ1v) is 11.4. The molecule has 2 aromatic rings. The summed E-state index contributed by atoms with van der Waals surface area (Å²) in [5, 5.41) is 0. The Bertz CT molecular complexity index is 981. The first-order valence-electron chi connectivity index (χ1n) is 11.4. The number of ether oxygens (including phenoxy) is 2. The lowest BCUT2D eigenvalue weighted by Crippen LogP contribution is -2.56. The molecule has 1 heterocycles. The van der Waals surface area contributed by atoms with Gasteiger partial charge in [0.05, 0.1) is 6.42 Å². The molecule has 2 aromatic carbocycles. The highest BCUT2D eigenvalue weighted by atomic mass is 16.6. The van der Waals surface area contributed by atoms with Gasteiger partial charge in [-0.25, -0.2) is 4.79 Å². The minimum Gasteiger partial charge on any atom is -0.489 e. The second kappa shape index (κ2) is 10.6. The Kier molecular flexibility index (Phi) is 7.79. The summed E-state index contributed by atoms with van der Waals surface area (Å²) in [4.78, 5) is 29.1. The smallest absolute Gasteiger partial charge is 0.410 e. The van der Waals surface area contributed by atoms with Crippen LogP contribution in [0, 0.1) is 0 Å². The van der Waals surface area contributed by atoms with Gasteiger partial charge in [0.1, 0.15) is 18.0 Å². The topological polar surface area (TPSA) is 59.1 Å². The van der Waals surface area contributed by atoms with E-state index in [2.05, 4.69) is 6.58 Å². The van der Waals surface area contributed by atoms with Crippen LogP contribution in [0.5, 0.6) is 5.75 Å². The first-order chi connectivity index (χ1) is 15.7. The van der Waals surface area contributed by atoms with Gasteiger partial charge in [-0.05, 0) is 51.0 Å². The molecular weight excluding hydrogens is 416 g/mol. The van der Waals surface area contributed by atoms with Crippen molar-refractivity contribution in [3.8, 4) is 5.75 Å². The van der Waals surface area contributed by atoms with Gasteiger partial charge in [0.25, 0.3) is 0 Å². The molecule has 0 saturated carbocycles. The van der Waals surface area contributed by atoms with Gasteiger partial charge < -0.3 is 19.3 Å². The maximum atomic E-state index is 13.2. The van der Waals surface area contributed by atoms with Crippen molar-refractivity contribution in [1.82, 2.24) is 9.80 Å². The Hall–Kier alpha value is -3.28. The van der Waals surface area contributed by atoms with E-state index in [1.54, 1.807) is 11.0 Å². The standard InChI is InChI=1S/C27H34N2O4/c1-6-21-12-13-24(32-19-22-10-8-7-9-11-22)23(16-21)17-25(30)28-14-15-29(20(2)18-28)26(31)33-27(3,4)5/h6-13,16,20H,1,14-15,17-19H2,2-5H3/t20-/m0/s1. The van der Waals surface area contributed by atoms with Gasteiger partial charge in [-0.1, -0.05) is 49.1 Å². The van der Waals surface area contributed by atoms with Crippen molar-refractivity contribution in [3.05, 3.63) is 71.8 Å². The van der Waals surface area contributed by atoms with Gasteiger partial charge in [0, 0.05) is 31.2 Å². The summed E-state index contributed by atoms with van der Waals surface area (Å²) < 4.78 is 11.6. The van der Waals surface area contributed by atoms with Crippen molar-refractivity contribution in [2.75, 3.05) is 19.6 Å². The third-order valence-electron chi connectivity index (χ3n) is 5.51. The fourth-order valence-corrected chi connectivity index (χ4v) is 3.79. The number of nitrogens with zero attached hydrogens (tertiary/aromatic N) is 2. The van der Waals surface area contributed by atoms with Crippen molar-refractivity contribution in [1.29, 1.82) is 0 Å². The van der Waals surface area contributed by atoms with E-state index < -0.39 is 5.60 Å². The molecule has 1 fully saturated rings. The molecular formula is C27H34N2O4. The van der Waals surface area contributed by atoms with E-state index in [4.69, 9.17) is 9.47 Å². The molecule has 0 aliphatic carbocycles. The molecule has 33 heavy (non-hydrogen) atoms. The van der Waals surface area contributed by atoms with Crippen molar-refractivity contribution in [2.45, 2.75) is 52.4 Å². The Labute approximate surface area is 196 Å². The van der Waals surface area contributed by atoms with Crippen LogP contribution < -0.4 is 4.74 Å². The highest BCUT2D eigenvalue weighted by Crippen LogP contribution is 2.24. The molecule has 1 atom stereocenters. The van der Waals surface area contributed by atoms with Crippen LogP contribution in [-0.2, 0) is 22.6 Å². The molecule has 176 valence electrons. The van der Waals surface area contributed by atoms with Gasteiger partial charge in [-0.3, -0.25) is 4.79 Å². The summed E-state index contributed by atoms with van der Waals surface area (Å²) in [7, 11) is 0. The van der Waals surface area contributed by atoms with E-state index in [0.717, 1.165) is 16.7 Å². The SMILES string of the molecule is C=Cc1ccc(OCc2ccccc2)c(CC(=O)N2CCN(C(=O)OC(C)(C)C)[C@@H](C)C2)c1. The average Bonchev–Trinajstić information content (AvgIpc) is 2.77. The fraction of sp³-hybridized carbons (Fsp3) is 0.407. The second-order valence-electron chi connectivity index (χ2n) is 9.38. The minimum atomic E-state index is -0.546. The van der Waals surface area contributed by atoms with E-state index in [9.17, 15) is 9.59 Å². The molecule has 0 aromatic heterocycles. The molecule has 0 spiro atoms. The molecule has 0 radical (unpaired) electrons. The van der Waals surface area contributed by atoms with Crippen LogP contribution in [0.3, 0.4) is 0 Å². The number of amides is 2. The van der Waals surface area contributed by atoms with Crippen LogP contribution in [0.25, 0.3) is 6.08 Å². The third kappa shape index (κ3) is 6.85.